The summed E-state index contributed by atoms with van der Waals surface area (Å²) in [7, 11) is 1.19. The number of hydrogen-bond donors (Lipinski definition) is 0. The van der Waals surface area contributed by atoms with Crippen LogP contribution in [0, 0.1) is 11.6 Å². The second kappa shape index (κ2) is 5.36. The molecular formula is C14H9ClF2O2. The number of benzene rings is 2. The van der Waals surface area contributed by atoms with Gasteiger partial charge in [-0.25, -0.2) is 13.6 Å². The zero-order valence-corrected chi connectivity index (χ0v) is 10.7. The highest BCUT2D eigenvalue weighted by Gasteiger charge is 2.12. The third kappa shape index (κ3) is 2.90. The summed E-state index contributed by atoms with van der Waals surface area (Å²) in [5.41, 5.74) is 0.426. The SMILES string of the molecule is COC(=O)c1cc(F)cc(-c2ccc(Cl)cc2F)c1. The largest absolute Gasteiger partial charge is 0.465 e. The van der Waals surface area contributed by atoms with Crippen molar-refractivity contribution in [3.63, 3.8) is 0 Å². The van der Waals surface area contributed by atoms with Crippen LogP contribution in [0.3, 0.4) is 0 Å². The van der Waals surface area contributed by atoms with Crippen LogP contribution in [0.4, 0.5) is 8.78 Å². The van der Waals surface area contributed by atoms with E-state index in [1.54, 1.807) is 0 Å². The molecule has 0 saturated carbocycles. The van der Waals surface area contributed by atoms with Crippen molar-refractivity contribution in [1.29, 1.82) is 0 Å². The lowest BCUT2D eigenvalue weighted by atomic mass is 10.0. The van der Waals surface area contributed by atoms with Crippen molar-refractivity contribution in [3.8, 4) is 11.1 Å². The van der Waals surface area contributed by atoms with E-state index in [2.05, 4.69) is 4.74 Å². The molecule has 0 aromatic heterocycles. The van der Waals surface area contributed by atoms with Crippen molar-refractivity contribution >= 4 is 17.6 Å². The monoisotopic (exact) mass is 282 g/mol. The van der Waals surface area contributed by atoms with E-state index in [1.807, 2.05) is 0 Å². The number of carbonyl (C=O) groups excluding carboxylic acids is 1. The molecule has 2 rings (SSSR count). The van der Waals surface area contributed by atoms with Crippen LogP contribution in [0.5, 0.6) is 0 Å². The van der Waals surface area contributed by atoms with Crippen molar-refractivity contribution in [1.82, 2.24) is 0 Å². The molecule has 0 saturated heterocycles. The molecule has 0 aliphatic carbocycles. The third-order valence-electron chi connectivity index (χ3n) is 2.56. The molecule has 0 amide bonds. The first-order valence-electron chi connectivity index (χ1n) is 5.35. The van der Waals surface area contributed by atoms with E-state index >= 15 is 0 Å². The Morgan fingerprint density at radius 3 is 2.53 bits per heavy atom. The molecule has 0 unspecified atom stereocenters. The predicted molar refractivity (Wildman–Crippen MR) is 68.1 cm³/mol. The topological polar surface area (TPSA) is 26.3 Å². The molecular weight excluding hydrogens is 274 g/mol. The molecule has 5 heteroatoms. The van der Waals surface area contributed by atoms with Gasteiger partial charge in [0, 0.05) is 10.6 Å². The average molecular weight is 283 g/mol. The first-order valence-corrected chi connectivity index (χ1v) is 5.73. The minimum atomic E-state index is -0.685. The zero-order valence-electron chi connectivity index (χ0n) is 9.91. The molecule has 0 bridgehead atoms. The highest BCUT2D eigenvalue weighted by Crippen LogP contribution is 2.27. The Bertz CT molecular complexity index is 641. The average Bonchev–Trinajstić information content (AvgIpc) is 2.37. The Kier molecular flexibility index (Phi) is 3.81. The van der Waals surface area contributed by atoms with Gasteiger partial charge in [-0.05, 0) is 42.0 Å². The smallest absolute Gasteiger partial charge is 0.337 e. The summed E-state index contributed by atoms with van der Waals surface area (Å²) in [5.74, 6) is -1.92. The van der Waals surface area contributed by atoms with Crippen molar-refractivity contribution in [2.75, 3.05) is 7.11 Å². The molecule has 2 nitrogen and oxygen atoms in total. The van der Waals surface area contributed by atoms with Gasteiger partial charge in [0.2, 0.25) is 0 Å². The minimum absolute atomic E-state index is 0.0202. The van der Waals surface area contributed by atoms with Gasteiger partial charge in [-0.3, -0.25) is 0 Å². The number of ether oxygens (including phenoxy) is 1. The number of hydrogen-bond acceptors (Lipinski definition) is 2. The van der Waals surface area contributed by atoms with Gasteiger partial charge in [-0.1, -0.05) is 11.6 Å². The molecule has 2 aromatic rings. The van der Waals surface area contributed by atoms with Gasteiger partial charge < -0.3 is 4.74 Å². The maximum atomic E-state index is 13.8. The molecule has 19 heavy (non-hydrogen) atoms. The van der Waals surface area contributed by atoms with Gasteiger partial charge in [0.05, 0.1) is 12.7 Å². The summed E-state index contributed by atoms with van der Waals surface area (Å²) in [5, 5.41) is 0.242. The summed E-state index contributed by atoms with van der Waals surface area (Å²) in [6, 6.07) is 7.57. The van der Waals surface area contributed by atoms with Crippen LogP contribution in [0.25, 0.3) is 11.1 Å². The molecule has 0 radical (unpaired) electrons. The highest BCUT2D eigenvalue weighted by molar-refractivity contribution is 6.30. The van der Waals surface area contributed by atoms with Crippen LogP contribution >= 0.6 is 11.6 Å². The predicted octanol–water partition coefficient (Wildman–Crippen LogP) is 4.07. The van der Waals surface area contributed by atoms with E-state index in [-0.39, 0.29) is 21.7 Å². The van der Waals surface area contributed by atoms with Gasteiger partial charge in [0.15, 0.2) is 0 Å². The Morgan fingerprint density at radius 1 is 1.16 bits per heavy atom. The lowest BCUT2D eigenvalue weighted by molar-refractivity contribution is 0.0600. The third-order valence-corrected chi connectivity index (χ3v) is 2.80. The molecule has 98 valence electrons. The van der Waals surface area contributed by atoms with E-state index in [0.29, 0.717) is 0 Å². The summed E-state index contributed by atoms with van der Waals surface area (Å²) >= 11 is 5.65. The molecule has 0 aliphatic heterocycles. The van der Waals surface area contributed by atoms with Crippen molar-refractivity contribution in [3.05, 3.63) is 58.6 Å². The van der Waals surface area contributed by atoms with Crippen LogP contribution in [0.1, 0.15) is 10.4 Å². The fraction of sp³-hybridized carbons (Fsp3) is 0.0714. The second-order valence-corrected chi connectivity index (χ2v) is 4.28. The van der Waals surface area contributed by atoms with Gasteiger partial charge in [-0.2, -0.15) is 0 Å². The second-order valence-electron chi connectivity index (χ2n) is 3.84. The summed E-state index contributed by atoms with van der Waals surface area (Å²) in [6.07, 6.45) is 0. The number of esters is 1. The van der Waals surface area contributed by atoms with Crippen molar-refractivity contribution in [2.24, 2.45) is 0 Å². The Hall–Kier alpha value is -1.94. The number of methoxy groups -OCH3 is 1. The first-order chi connectivity index (χ1) is 9.01. The molecule has 0 N–H and O–H groups in total. The van der Waals surface area contributed by atoms with Crippen LogP contribution < -0.4 is 0 Å². The first kappa shape index (κ1) is 13.5. The van der Waals surface area contributed by atoms with Crippen molar-refractivity contribution in [2.45, 2.75) is 0 Å². The van der Waals surface area contributed by atoms with Crippen LogP contribution in [-0.2, 0) is 4.74 Å². The normalized spacial score (nSPS) is 10.3. The Morgan fingerprint density at radius 2 is 1.89 bits per heavy atom. The summed E-state index contributed by atoms with van der Waals surface area (Å²) in [6.45, 7) is 0. The maximum Gasteiger partial charge on any atom is 0.337 e. The van der Waals surface area contributed by atoms with Crippen molar-refractivity contribution < 1.29 is 18.3 Å². The Labute approximate surface area is 113 Å². The van der Waals surface area contributed by atoms with E-state index < -0.39 is 17.6 Å². The zero-order chi connectivity index (χ0) is 14.0. The molecule has 0 fully saturated rings. The van der Waals surface area contributed by atoms with Gasteiger partial charge >= 0.3 is 5.97 Å². The van der Waals surface area contributed by atoms with E-state index in [0.717, 1.165) is 18.2 Å². The molecule has 2 aromatic carbocycles. The number of rotatable bonds is 2. The standard InChI is InChI=1S/C14H9ClF2O2/c1-19-14(18)9-4-8(5-11(16)6-9)12-3-2-10(15)7-13(12)17/h2-7H,1H3. The molecule has 0 atom stereocenters. The van der Waals surface area contributed by atoms with Crippen LogP contribution in [0.2, 0.25) is 5.02 Å². The molecule has 0 heterocycles. The quantitative estimate of drug-likeness (QED) is 0.776. The highest BCUT2D eigenvalue weighted by atomic mass is 35.5. The summed E-state index contributed by atoms with van der Waals surface area (Å²) in [4.78, 5) is 11.4. The number of halogens is 3. The fourth-order valence-electron chi connectivity index (χ4n) is 1.70. The van der Waals surface area contributed by atoms with E-state index in [1.165, 1.54) is 25.3 Å². The molecule has 0 aliphatic rings. The Balaban J connectivity index is 2.56. The number of carbonyl (C=O) groups is 1. The van der Waals surface area contributed by atoms with Gasteiger partial charge in [0.25, 0.3) is 0 Å². The molecule has 0 spiro atoms. The lowest BCUT2D eigenvalue weighted by Crippen LogP contribution is -2.02. The van der Waals surface area contributed by atoms with Crippen LogP contribution in [0.15, 0.2) is 36.4 Å². The van der Waals surface area contributed by atoms with Gasteiger partial charge in [-0.15, -0.1) is 0 Å². The minimum Gasteiger partial charge on any atom is -0.465 e. The fourth-order valence-corrected chi connectivity index (χ4v) is 1.86. The van der Waals surface area contributed by atoms with Crippen LogP contribution in [-0.4, -0.2) is 13.1 Å². The van der Waals surface area contributed by atoms with E-state index in [9.17, 15) is 13.6 Å². The lowest BCUT2D eigenvalue weighted by Gasteiger charge is -2.07. The maximum absolute atomic E-state index is 13.8. The summed E-state index contributed by atoms with van der Waals surface area (Å²) < 4.78 is 31.7. The van der Waals surface area contributed by atoms with Gasteiger partial charge in [0.1, 0.15) is 11.6 Å². The van der Waals surface area contributed by atoms with E-state index in [4.69, 9.17) is 11.6 Å².